The van der Waals surface area contributed by atoms with Crippen molar-refractivity contribution < 1.29 is 46.6 Å². The molecule has 4 aliphatic rings. The average Bonchev–Trinajstić information content (AvgIpc) is 3.25. The number of alkyl halides is 3. The van der Waals surface area contributed by atoms with Crippen LogP contribution in [0.15, 0.2) is 36.4 Å². The molecule has 4 amide bonds. The minimum atomic E-state index is -4.80. The molecule has 14 nitrogen and oxygen atoms in total. The molecule has 61 heavy (non-hydrogen) atoms. The Balaban J connectivity index is 1.00. The van der Waals surface area contributed by atoms with Gasteiger partial charge < -0.3 is 40.0 Å². The van der Waals surface area contributed by atoms with Crippen molar-refractivity contribution in [3.8, 4) is 0 Å². The molecule has 0 aliphatic carbocycles. The molecule has 2 aromatic rings. The lowest BCUT2D eigenvalue weighted by Gasteiger charge is -2.40. The van der Waals surface area contributed by atoms with Crippen LogP contribution in [-0.2, 0) is 42.9 Å². The summed E-state index contributed by atoms with van der Waals surface area (Å²) in [6.45, 7) is 9.72. The highest BCUT2D eigenvalue weighted by atomic mass is 35.5. The van der Waals surface area contributed by atoms with Crippen LogP contribution in [-0.4, -0.2) is 146 Å². The first kappa shape index (κ1) is 46.2. The number of anilines is 2. The number of para-hydroxylation sites is 1. The van der Waals surface area contributed by atoms with Crippen molar-refractivity contribution in [1.29, 1.82) is 0 Å². The molecule has 0 spiro atoms. The summed E-state index contributed by atoms with van der Waals surface area (Å²) in [5.41, 5.74) is 5.72. The third-order valence-corrected chi connectivity index (χ3v) is 12.8. The van der Waals surface area contributed by atoms with E-state index in [2.05, 4.69) is 22.0 Å². The van der Waals surface area contributed by atoms with E-state index in [1.807, 2.05) is 24.3 Å². The van der Waals surface area contributed by atoms with Crippen molar-refractivity contribution in [3.05, 3.63) is 58.1 Å². The number of halogens is 4. The molecule has 3 fully saturated rings. The molecule has 1 unspecified atom stereocenters. The number of likely N-dealkylation sites (N-methyl/N-ethyl adjacent to an activating group) is 1. The predicted octanol–water partition coefficient (Wildman–Crippen LogP) is 5.96. The number of fused-ring (bicyclic) bond motifs is 1. The Kier molecular flexibility index (Phi) is 16.0. The molecule has 2 aromatic carbocycles. The van der Waals surface area contributed by atoms with Gasteiger partial charge in [0.15, 0.2) is 6.10 Å². The summed E-state index contributed by atoms with van der Waals surface area (Å²) in [5.74, 6) is -0.182. The van der Waals surface area contributed by atoms with Gasteiger partial charge in [-0.3, -0.25) is 19.4 Å². The van der Waals surface area contributed by atoms with E-state index in [1.54, 1.807) is 11.9 Å². The van der Waals surface area contributed by atoms with Gasteiger partial charge in [0.25, 0.3) is 5.91 Å². The van der Waals surface area contributed by atoms with Crippen molar-refractivity contribution in [2.75, 3.05) is 96.8 Å². The van der Waals surface area contributed by atoms with Gasteiger partial charge in [0.05, 0.1) is 42.6 Å². The molecule has 0 radical (unpaired) electrons. The Labute approximate surface area is 360 Å². The van der Waals surface area contributed by atoms with Gasteiger partial charge in [-0.2, -0.15) is 13.2 Å². The maximum atomic E-state index is 14.0. The first-order chi connectivity index (χ1) is 29.2. The van der Waals surface area contributed by atoms with Crippen LogP contribution < -0.4 is 11.1 Å². The fourth-order valence-corrected chi connectivity index (χ4v) is 8.93. The Hall–Kier alpha value is -4.32. The summed E-state index contributed by atoms with van der Waals surface area (Å²) in [4.78, 5) is 62.2. The second kappa shape index (κ2) is 21.2. The fourth-order valence-electron chi connectivity index (χ4n) is 8.69. The van der Waals surface area contributed by atoms with Crippen molar-refractivity contribution in [1.82, 2.24) is 24.5 Å². The van der Waals surface area contributed by atoms with E-state index in [1.165, 1.54) is 15.9 Å². The number of morpholine rings is 1. The number of hydrogen-bond donors (Lipinski definition) is 2. The summed E-state index contributed by atoms with van der Waals surface area (Å²) in [6.07, 6.45) is -3.22. The number of carbonyl (C=O) groups is 4. The minimum absolute atomic E-state index is 0.0400. The van der Waals surface area contributed by atoms with Gasteiger partial charge in [0.2, 0.25) is 0 Å². The minimum Gasteiger partial charge on any atom is -0.465 e. The number of likely N-dealkylation sites (tertiary alicyclic amines) is 2. The number of amides is 4. The summed E-state index contributed by atoms with van der Waals surface area (Å²) in [7, 11) is 1.59. The van der Waals surface area contributed by atoms with E-state index >= 15 is 0 Å². The molecule has 4 heterocycles. The van der Waals surface area contributed by atoms with Crippen LogP contribution in [0.2, 0.25) is 5.02 Å². The van der Waals surface area contributed by atoms with Crippen LogP contribution in [0.25, 0.3) is 0 Å². The van der Waals surface area contributed by atoms with Crippen LogP contribution in [0.4, 0.5) is 34.1 Å². The number of nitrogens with one attached hydrogen (secondary N) is 1. The number of rotatable bonds is 15. The van der Waals surface area contributed by atoms with E-state index in [0.717, 1.165) is 82.5 Å². The van der Waals surface area contributed by atoms with Gasteiger partial charge in [-0.25, -0.2) is 9.59 Å². The molecule has 336 valence electrons. The third-order valence-electron chi connectivity index (χ3n) is 12.5. The van der Waals surface area contributed by atoms with Crippen molar-refractivity contribution in [2.24, 2.45) is 11.8 Å². The first-order valence-electron chi connectivity index (χ1n) is 21.4. The number of ether oxygens (including phenoxy) is 3. The largest absolute Gasteiger partial charge is 0.465 e. The highest BCUT2D eigenvalue weighted by Gasteiger charge is 2.37. The number of nitrogens with two attached hydrogens (primary N) is 1. The topological polar surface area (TPSA) is 150 Å². The number of esters is 1. The zero-order valence-electron chi connectivity index (χ0n) is 35.1. The Bertz CT molecular complexity index is 1840. The normalized spacial score (nSPS) is 19.5. The van der Waals surface area contributed by atoms with Crippen LogP contribution in [0, 0.1) is 11.8 Å². The number of piperidine rings is 2. The fraction of sp³-hybridized carbons (Fsp3) is 0.628. The Morgan fingerprint density at radius 3 is 2.43 bits per heavy atom. The zero-order valence-corrected chi connectivity index (χ0v) is 35.9. The summed E-state index contributed by atoms with van der Waals surface area (Å²) < 4.78 is 58.4. The standard InChI is InChI=1S/C43H59ClF3N7O7/c1-29(31-9-15-52(16-10-31)28-38(55)60-21-5-13-51-19-22-59-23-20-51)8-14-50(2)40(56)37(26-30-24-34(43(45,46)47)39(48)35(44)25-30)61-42(58)53-17-11-33(12-18-53)54-27-32-6-3-4-7-36(32)49-41(54)57/h3-4,6-7,24-25,29,31,33,37H,5,8-23,26-28,48H2,1-2H3,(H,49,57)/t29?,37-/m1/s1. The lowest BCUT2D eigenvalue weighted by atomic mass is 9.83. The predicted molar refractivity (Wildman–Crippen MR) is 224 cm³/mol. The first-order valence-corrected chi connectivity index (χ1v) is 21.7. The molecule has 6 rings (SSSR count). The van der Waals surface area contributed by atoms with Crippen LogP contribution in [0.3, 0.4) is 0 Å². The molecule has 4 aliphatic heterocycles. The van der Waals surface area contributed by atoms with Gasteiger partial charge in [0, 0.05) is 71.0 Å². The highest BCUT2D eigenvalue weighted by molar-refractivity contribution is 6.33. The maximum absolute atomic E-state index is 14.0. The van der Waals surface area contributed by atoms with Gasteiger partial charge in [-0.1, -0.05) is 36.7 Å². The van der Waals surface area contributed by atoms with Crippen LogP contribution >= 0.6 is 11.6 Å². The second-order valence-corrected chi connectivity index (χ2v) is 17.1. The van der Waals surface area contributed by atoms with Crippen LogP contribution in [0.1, 0.15) is 62.1 Å². The Morgan fingerprint density at radius 1 is 1.02 bits per heavy atom. The summed E-state index contributed by atoms with van der Waals surface area (Å²) >= 11 is 6.14. The highest BCUT2D eigenvalue weighted by Crippen LogP contribution is 2.38. The number of urea groups is 1. The molecular weight excluding hydrogens is 819 g/mol. The molecule has 0 bridgehead atoms. The molecule has 18 heteroatoms. The lowest BCUT2D eigenvalue weighted by Crippen LogP contribution is -2.52. The van der Waals surface area contributed by atoms with Crippen LogP contribution in [0.5, 0.6) is 0 Å². The Morgan fingerprint density at radius 2 is 1.72 bits per heavy atom. The summed E-state index contributed by atoms with van der Waals surface area (Å²) in [5, 5.41) is 2.60. The zero-order chi connectivity index (χ0) is 43.7. The average molecular weight is 878 g/mol. The number of hydrogen-bond acceptors (Lipinski definition) is 10. The van der Waals surface area contributed by atoms with Gasteiger partial charge in [0.1, 0.15) is 0 Å². The smallest absolute Gasteiger partial charge is 0.418 e. The van der Waals surface area contributed by atoms with Gasteiger partial charge in [-0.15, -0.1) is 0 Å². The molecule has 3 saturated heterocycles. The summed E-state index contributed by atoms with van der Waals surface area (Å²) in [6, 6.07) is 9.32. The van der Waals surface area contributed by atoms with E-state index < -0.39 is 35.5 Å². The van der Waals surface area contributed by atoms with Crippen molar-refractivity contribution >= 4 is 47.0 Å². The second-order valence-electron chi connectivity index (χ2n) is 16.7. The van der Waals surface area contributed by atoms with Crippen molar-refractivity contribution in [3.63, 3.8) is 0 Å². The van der Waals surface area contributed by atoms with E-state index in [4.69, 9.17) is 31.5 Å². The monoisotopic (exact) mass is 877 g/mol. The number of nitrogen functional groups attached to an aromatic ring is 1. The third kappa shape index (κ3) is 12.6. The number of benzene rings is 2. The molecule has 0 aromatic heterocycles. The number of carbonyl (C=O) groups excluding carboxylic acids is 4. The van der Waals surface area contributed by atoms with E-state index in [9.17, 15) is 32.3 Å². The lowest BCUT2D eigenvalue weighted by molar-refractivity contribution is -0.145. The van der Waals surface area contributed by atoms with Gasteiger partial charge >= 0.3 is 24.3 Å². The maximum Gasteiger partial charge on any atom is 0.418 e. The SMILES string of the molecule is CC(CCN(C)C(=O)[C@@H](Cc1cc(Cl)c(N)c(C(F)(F)F)c1)OC(=O)N1CCC(N2Cc3ccccc3NC2=O)CC1)C1CCN(CC(=O)OCCCN2CCOCC2)CC1. The number of nitrogens with zero attached hydrogens (tertiary/aromatic N) is 5. The molecule has 2 atom stereocenters. The molecule has 3 N–H and O–H groups in total. The molecule has 0 saturated carbocycles. The van der Waals surface area contributed by atoms with Crippen molar-refractivity contribution in [2.45, 2.75) is 76.7 Å². The van der Waals surface area contributed by atoms with Gasteiger partial charge in [-0.05, 0) is 92.8 Å². The quantitative estimate of drug-likeness (QED) is 0.125. The van der Waals surface area contributed by atoms with E-state index in [0.29, 0.717) is 44.9 Å². The van der Waals surface area contributed by atoms with E-state index in [-0.39, 0.29) is 60.6 Å². The molecular formula is C43H59ClF3N7O7.